The van der Waals surface area contributed by atoms with Crippen molar-refractivity contribution in [1.82, 2.24) is 25.3 Å². The van der Waals surface area contributed by atoms with E-state index in [4.69, 9.17) is 4.52 Å². The number of hydrogen-bond acceptors (Lipinski definition) is 6. The van der Waals surface area contributed by atoms with Gasteiger partial charge < -0.3 is 14.7 Å². The van der Waals surface area contributed by atoms with Crippen LogP contribution in [0, 0.1) is 0 Å². The molecular formula is C20H28ClN5O2. The first-order valence-corrected chi connectivity index (χ1v) is 9.93. The van der Waals surface area contributed by atoms with Gasteiger partial charge in [-0.2, -0.15) is 4.98 Å². The van der Waals surface area contributed by atoms with Crippen LogP contribution in [0.25, 0.3) is 11.4 Å². The van der Waals surface area contributed by atoms with Crippen molar-refractivity contribution in [1.29, 1.82) is 0 Å². The van der Waals surface area contributed by atoms with E-state index in [-0.39, 0.29) is 24.4 Å². The number of carbonyl (C=O) groups is 1. The number of nitrogens with zero attached hydrogens (tertiary/aromatic N) is 4. The molecule has 2 aromatic rings. The lowest BCUT2D eigenvalue weighted by Crippen LogP contribution is -2.47. The fourth-order valence-corrected chi connectivity index (χ4v) is 3.92. The Morgan fingerprint density at radius 1 is 1.14 bits per heavy atom. The number of piperazine rings is 1. The molecule has 0 radical (unpaired) electrons. The van der Waals surface area contributed by atoms with Crippen molar-refractivity contribution in [3.63, 3.8) is 0 Å². The average Bonchev–Trinajstić information content (AvgIpc) is 3.23. The van der Waals surface area contributed by atoms with E-state index in [1.54, 1.807) is 0 Å². The third-order valence-corrected chi connectivity index (χ3v) is 5.46. The molecule has 2 saturated heterocycles. The van der Waals surface area contributed by atoms with E-state index < -0.39 is 0 Å². The van der Waals surface area contributed by atoms with Gasteiger partial charge in [0.1, 0.15) is 0 Å². The van der Waals surface area contributed by atoms with Crippen LogP contribution in [-0.2, 0) is 4.79 Å². The summed E-state index contributed by atoms with van der Waals surface area (Å²) in [4.78, 5) is 21.4. The van der Waals surface area contributed by atoms with Crippen LogP contribution in [0.1, 0.15) is 37.6 Å². The third-order valence-electron chi connectivity index (χ3n) is 5.46. The Morgan fingerprint density at radius 2 is 1.93 bits per heavy atom. The number of amides is 1. The fraction of sp³-hybridized carbons (Fsp3) is 0.550. The molecule has 1 aromatic carbocycles. The van der Waals surface area contributed by atoms with Crippen molar-refractivity contribution < 1.29 is 9.32 Å². The molecule has 0 spiro atoms. The number of rotatable bonds is 5. The summed E-state index contributed by atoms with van der Waals surface area (Å²) in [5.41, 5.74) is 0.962. The normalized spacial score (nSPS) is 20.6. The minimum Gasteiger partial charge on any atom is -0.340 e. The summed E-state index contributed by atoms with van der Waals surface area (Å²) in [7, 11) is 0. The van der Waals surface area contributed by atoms with Gasteiger partial charge in [-0.3, -0.25) is 9.69 Å². The van der Waals surface area contributed by atoms with Crippen LogP contribution in [-0.4, -0.2) is 65.1 Å². The van der Waals surface area contributed by atoms with Crippen LogP contribution < -0.4 is 5.32 Å². The number of hydrogen-bond donors (Lipinski definition) is 1. The van der Waals surface area contributed by atoms with E-state index in [1.165, 1.54) is 0 Å². The molecule has 8 heteroatoms. The maximum Gasteiger partial charge on any atom is 0.244 e. The third kappa shape index (κ3) is 4.90. The molecule has 1 N–H and O–H groups in total. The van der Waals surface area contributed by atoms with Crippen molar-refractivity contribution in [2.75, 3.05) is 39.3 Å². The molecule has 28 heavy (non-hydrogen) atoms. The van der Waals surface area contributed by atoms with Gasteiger partial charge in [-0.1, -0.05) is 41.9 Å². The van der Waals surface area contributed by atoms with Gasteiger partial charge >= 0.3 is 0 Å². The van der Waals surface area contributed by atoms with E-state index >= 15 is 0 Å². The van der Waals surface area contributed by atoms with Crippen LogP contribution in [0.3, 0.4) is 0 Å². The van der Waals surface area contributed by atoms with E-state index in [0.29, 0.717) is 18.1 Å². The zero-order valence-corrected chi connectivity index (χ0v) is 16.9. The Morgan fingerprint density at radius 3 is 2.71 bits per heavy atom. The Bertz CT molecular complexity index is 748. The van der Waals surface area contributed by atoms with Crippen LogP contribution in [0.15, 0.2) is 34.9 Å². The first-order valence-electron chi connectivity index (χ1n) is 9.93. The lowest BCUT2D eigenvalue weighted by atomic mass is 10.0. The van der Waals surface area contributed by atoms with Gasteiger partial charge in [-0.25, -0.2) is 0 Å². The first kappa shape index (κ1) is 20.8. The highest BCUT2D eigenvalue weighted by molar-refractivity contribution is 5.85. The molecule has 1 atom stereocenters. The zero-order valence-electron chi connectivity index (χ0n) is 16.0. The summed E-state index contributed by atoms with van der Waals surface area (Å²) in [6, 6.07) is 10.0. The average molecular weight is 406 g/mol. The van der Waals surface area contributed by atoms with Gasteiger partial charge in [0, 0.05) is 44.7 Å². The maximum atomic E-state index is 12.5. The maximum absolute atomic E-state index is 12.5. The summed E-state index contributed by atoms with van der Waals surface area (Å²) in [6.07, 6.45) is 3.85. The lowest BCUT2D eigenvalue weighted by molar-refractivity contribution is -0.132. The van der Waals surface area contributed by atoms with Gasteiger partial charge in [-0.15, -0.1) is 12.4 Å². The highest BCUT2D eigenvalue weighted by atomic mass is 35.5. The topological polar surface area (TPSA) is 74.5 Å². The smallest absolute Gasteiger partial charge is 0.244 e. The standard InChI is InChI=1S/C20H27N5O2.ClH/c26-18(25-14-10-21-11-15-25)9-13-24-12-5-4-8-17(24)20-22-19(23-27-20)16-6-2-1-3-7-16;/h1-3,6-7,17,21H,4-5,8-15H2;1H. The van der Waals surface area contributed by atoms with E-state index in [0.717, 1.165) is 64.1 Å². The largest absolute Gasteiger partial charge is 0.340 e. The van der Waals surface area contributed by atoms with Gasteiger partial charge in [0.25, 0.3) is 0 Å². The Kier molecular flexibility index (Phi) is 7.42. The van der Waals surface area contributed by atoms with Gasteiger partial charge in [0.2, 0.25) is 17.6 Å². The van der Waals surface area contributed by atoms with Crippen molar-refractivity contribution in [2.45, 2.75) is 31.7 Å². The van der Waals surface area contributed by atoms with Gasteiger partial charge in [-0.05, 0) is 19.4 Å². The summed E-state index contributed by atoms with van der Waals surface area (Å²) < 4.78 is 5.61. The van der Waals surface area contributed by atoms with Crippen LogP contribution in [0.4, 0.5) is 0 Å². The number of carbonyl (C=O) groups excluding carboxylic acids is 1. The summed E-state index contributed by atoms with van der Waals surface area (Å²) >= 11 is 0. The van der Waals surface area contributed by atoms with Gasteiger partial charge in [0.05, 0.1) is 6.04 Å². The molecule has 2 fully saturated rings. The Labute approximate surface area is 171 Å². The molecule has 3 heterocycles. The lowest BCUT2D eigenvalue weighted by Gasteiger charge is -2.34. The molecule has 2 aliphatic rings. The summed E-state index contributed by atoms with van der Waals surface area (Å²) in [6.45, 7) is 5.13. The van der Waals surface area contributed by atoms with E-state index in [1.807, 2.05) is 35.2 Å². The van der Waals surface area contributed by atoms with Crippen LogP contribution in [0.2, 0.25) is 0 Å². The zero-order chi connectivity index (χ0) is 18.5. The predicted molar refractivity (Wildman–Crippen MR) is 109 cm³/mol. The predicted octanol–water partition coefficient (Wildman–Crippen LogP) is 2.51. The molecule has 0 bridgehead atoms. The van der Waals surface area contributed by atoms with Crippen molar-refractivity contribution in [2.24, 2.45) is 0 Å². The minimum absolute atomic E-state index is 0. The van der Waals surface area contributed by atoms with E-state index in [9.17, 15) is 4.79 Å². The highest BCUT2D eigenvalue weighted by Crippen LogP contribution is 2.31. The molecule has 2 aliphatic heterocycles. The van der Waals surface area contributed by atoms with E-state index in [2.05, 4.69) is 20.4 Å². The molecule has 1 amide bonds. The number of nitrogens with one attached hydrogen (secondary N) is 1. The molecular weight excluding hydrogens is 378 g/mol. The molecule has 1 unspecified atom stereocenters. The fourth-order valence-electron chi connectivity index (χ4n) is 3.92. The van der Waals surface area contributed by atoms with Crippen molar-refractivity contribution >= 4 is 18.3 Å². The van der Waals surface area contributed by atoms with Crippen LogP contribution >= 0.6 is 12.4 Å². The van der Waals surface area contributed by atoms with Crippen molar-refractivity contribution in [3.05, 3.63) is 36.2 Å². The number of halogens is 1. The quantitative estimate of drug-likeness (QED) is 0.823. The number of benzene rings is 1. The number of aromatic nitrogens is 2. The molecule has 0 saturated carbocycles. The summed E-state index contributed by atoms with van der Waals surface area (Å²) in [5, 5.41) is 7.46. The number of likely N-dealkylation sites (tertiary alicyclic amines) is 1. The SMILES string of the molecule is Cl.O=C(CCN1CCCCC1c1nc(-c2ccccc2)no1)N1CCNCC1. The van der Waals surface area contributed by atoms with Crippen molar-refractivity contribution in [3.8, 4) is 11.4 Å². The molecule has 4 rings (SSSR count). The second-order valence-corrected chi connectivity index (χ2v) is 7.25. The minimum atomic E-state index is 0. The second-order valence-electron chi connectivity index (χ2n) is 7.25. The Hall–Kier alpha value is -1.96. The Balaban J connectivity index is 0.00000225. The molecule has 1 aromatic heterocycles. The molecule has 7 nitrogen and oxygen atoms in total. The highest BCUT2D eigenvalue weighted by Gasteiger charge is 2.29. The summed E-state index contributed by atoms with van der Waals surface area (Å²) in [5.74, 6) is 1.55. The molecule has 0 aliphatic carbocycles. The van der Waals surface area contributed by atoms with Gasteiger partial charge in [0.15, 0.2) is 0 Å². The first-order chi connectivity index (χ1) is 13.3. The van der Waals surface area contributed by atoms with Crippen LogP contribution in [0.5, 0.6) is 0 Å². The molecule has 152 valence electrons. The number of piperidine rings is 1. The second kappa shape index (κ2) is 10.0. The monoisotopic (exact) mass is 405 g/mol.